The van der Waals surface area contributed by atoms with Gasteiger partial charge in [-0.15, -0.1) is 0 Å². The highest BCUT2D eigenvalue weighted by molar-refractivity contribution is 6.14. The first-order valence-electron chi connectivity index (χ1n) is 10.8. The zero-order valence-corrected chi connectivity index (χ0v) is 18.6. The molecule has 0 aliphatic carbocycles. The van der Waals surface area contributed by atoms with Crippen molar-refractivity contribution in [1.29, 1.82) is 0 Å². The molecule has 0 saturated carbocycles. The van der Waals surface area contributed by atoms with Crippen LogP contribution >= 0.6 is 0 Å². The Hall–Kier alpha value is -3.61. The number of benzene rings is 2. The minimum absolute atomic E-state index is 0.0293. The smallest absolute Gasteiger partial charge is 0.258 e. The van der Waals surface area contributed by atoms with E-state index in [1.807, 2.05) is 19.9 Å². The van der Waals surface area contributed by atoms with E-state index in [1.165, 1.54) is 0 Å². The van der Waals surface area contributed by atoms with Crippen molar-refractivity contribution in [2.45, 2.75) is 33.2 Å². The van der Waals surface area contributed by atoms with Crippen molar-refractivity contribution in [2.24, 2.45) is 5.92 Å². The molecule has 7 nitrogen and oxygen atoms in total. The van der Waals surface area contributed by atoms with Crippen LogP contribution in [0.3, 0.4) is 0 Å². The van der Waals surface area contributed by atoms with Crippen molar-refractivity contribution in [3.05, 3.63) is 64.6 Å². The third kappa shape index (κ3) is 4.10. The minimum atomic E-state index is -0.347. The largest absolute Gasteiger partial charge is 0.497 e. The molecular formula is C25H27N3O4. The fraction of sp³-hybridized carbons (Fsp3) is 0.320. The van der Waals surface area contributed by atoms with Crippen LogP contribution in [-0.2, 0) is 11.3 Å². The molecule has 0 bridgehead atoms. The number of ether oxygens (including phenoxy) is 1. The first kappa shape index (κ1) is 21.6. The van der Waals surface area contributed by atoms with Gasteiger partial charge >= 0.3 is 0 Å². The molecule has 0 radical (unpaired) electrons. The summed E-state index contributed by atoms with van der Waals surface area (Å²) in [6, 6.07) is 12.4. The lowest BCUT2D eigenvalue weighted by Gasteiger charge is -2.21. The molecule has 2 heterocycles. The second-order valence-corrected chi connectivity index (χ2v) is 8.43. The lowest BCUT2D eigenvalue weighted by Crippen LogP contribution is -2.27. The van der Waals surface area contributed by atoms with Crippen molar-refractivity contribution in [3.63, 3.8) is 0 Å². The maximum absolute atomic E-state index is 13.5. The zero-order chi connectivity index (χ0) is 22.8. The Kier molecular flexibility index (Phi) is 5.99. The van der Waals surface area contributed by atoms with Gasteiger partial charge in [-0.3, -0.25) is 14.4 Å². The van der Waals surface area contributed by atoms with E-state index in [9.17, 15) is 14.4 Å². The Morgan fingerprint density at radius 1 is 1.12 bits per heavy atom. The molecule has 2 amide bonds. The van der Waals surface area contributed by atoms with Gasteiger partial charge in [0.15, 0.2) is 0 Å². The van der Waals surface area contributed by atoms with Crippen LogP contribution < -0.4 is 20.5 Å². The Morgan fingerprint density at radius 3 is 2.53 bits per heavy atom. The third-order valence-electron chi connectivity index (χ3n) is 5.62. The van der Waals surface area contributed by atoms with Crippen molar-refractivity contribution in [3.8, 4) is 5.75 Å². The van der Waals surface area contributed by atoms with Gasteiger partial charge in [-0.05, 0) is 30.5 Å². The highest BCUT2D eigenvalue weighted by Gasteiger charge is 2.25. The number of pyridine rings is 1. The van der Waals surface area contributed by atoms with Gasteiger partial charge in [0.25, 0.3) is 11.5 Å². The van der Waals surface area contributed by atoms with Crippen molar-refractivity contribution in [1.82, 2.24) is 4.57 Å². The van der Waals surface area contributed by atoms with E-state index >= 15 is 0 Å². The van der Waals surface area contributed by atoms with E-state index in [2.05, 4.69) is 5.32 Å². The van der Waals surface area contributed by atoms with Gasteiger partial charge in [-0.2, -0.15) is 0 Å². The number of hydrogen-bond donors (Lipinski definition) is 1. The number of carbonyl (C=O) groups is 2. The molecule has 1 aliphatic heterocycles. The summed E-state index contributed by atoms with van der Waals surface area (Å²) in [4.78, 5) is 40.4. The normalized spacial score (nSPS) is 13.8. The number of nitrogens with one attached hydrogen (secondary N) is 1. The average molecular weight is 434 g/mol. The van der Waals surface area contributed by atoms with Crippen LogP contribution in [0.25, 0.3) is 10.8 Å². The number of carbonyl (C=O) groups excluding carboxylic acids is 2. The van der Waals surface area contributed by atoms with E-state index < -0.39 is 0 Å². The number of aromatic nitrogens is 1. The molecule has 0 atom stereocenters. The first-order valence-corrected chi connectivity index (χ1v) is 10.8. The topological polar surface area (TPSA) is 80.6 Å². The number of fused-ring (bicyclic) bond motifs is 1. The maximum Gasteiger partial charge on any atom is 0.258 e. The molecule has 0 spiro atoms. The molecule has 3 aromatic rings. The molecule has 7 heteroatoms. The van der Waals surface area contributed by atoms with Crippen LogP contribution in [0.5, 0.6) is 5.75 Å². The number of nitrogens with zero attached hydrogens (tertiary/aromatic N) is 2. The highest BCUT2D eigenvalue weighted by Crippen LogP contribution is 2.33. The van der Waals surface area contributed by atoms with Crippen molar-refractivity contribution in [2.75, 3.05) is 23.9 Å². The van der Waals surface area contributed by atoms with Crippen LogP contribution in [-0.4, -0.2) is 30.0 Å². The van der Waals surface area contributed by atoms with E-state index in [0.29, 0.717) is 53.0 Å². The number of amides is 2. The second kappa shape index (κ2) is 8.86. The summed E-state index contributed by atoms with van der Waals surface area (Å²) in [5.74, 6) is 0.503. The van der Waals surface area contributed by atoms with E-state index in [4.69, 9.17) is 4.74 Å². The fourth-order valence-corrected chi connectivity index (χ4v) is 4.12. The van der Waals surface area contributed by atoms with Gasteiger partial charge in [0.1, 0.15) is 5.75 Å². The molecule has 1 N–H and O–H groups in total. The highest BCUT2D eigenvalue weighted by atomic mass is 16.5. The monoisotopic (exact) mass is 433 g/mol. The molecule has 1 aromatic heterocycles. The summed E-state index contributed by atoms with van der Waals surface area (Å²) in [7, 11) is 1.55. The summed E-state index contributed by atoms with van der Waals surface area (Å²) < 4.78 is 6.93. The Bertz CT molecular complexity index is 1250. The predicted octanol–water partition coefficient (Wildman–Crippen LogP) is 4.05. The number of rotatable bonds is 6. The summed E-state index contributed by atoms with van der Waals surface area (Å²) in [5, 5.41) is 4.06. The van der Waals surface area contributed by atoms with Crippen LogP contribution in [0.4, 0.5) is 11.4 Å². The number of anilines is 2. The molecule has 4 rings (SSSR count). The Morgan fingerprint density at radius 2 is 1.88 bits per heavy atom. The molecule has 166 valence electrons. The summed E-state index contributed by atoms with van der Waals surface area (Å²) in [6.07, 6.45) is 2.90. The van der Waals surface area contributed by atoms with Gasteiger partial charge in [-0.1, -0.05) is 32.0 Å². The van der Waals surface area contributed by atoms with Gasteiger partial charge < -0.3 is 19.5 Å². The number of hydrogen-bond acceptors (Lipinski definition) is 4. The van der Waals surface area contributed by atoms with Gasteiger partial charge in [0, 0.05) is 42.5 Å². The van der Waals surface area contributed by atoms with E-state index in [0.717, 1.165) is 6.42 Å². The lowest BCUT2D eigenvalue weighted by molar-refractivity contribution is -0.117. The summed E-state index contributed by atoms with van der Waals surface area (Å²) >= 11 is 0. The molecule has 1 saturated heterocycles. The molecule has 1 aliphatic rings. The van der Waals surface area contributed by atoms with Gasteiger partial charge in [0.05, 0.1) is 24.0 Å². The van der Waals surface area contributed by atoms with Gasteiger partial charge in [0.2, 0.25) is 5.91 Å². The van der Waals surface area contributed by atoms with Gasteiger partial charge in [-0.25, -0.2) is 0 Å². The zero-order valence-electron chi connectivity index (χ0n) is 18.6. The lowest BCUT2D eigenvalue weighted by atomic mass is 10.1. The van der Waals surface area contributed by atoms with E-state index in [-0.39, 0.29) is 23.3 Å². The Labute approximate surface area is 186 Å². The minimum Gasteiger partial charge on any atom is -0.497 e. The summed E-state index contributed by atoms with van der Waals surface area (Å²) in [5.41, 5.74) is 1.43. The predicted molar refractivity (Wildman–Crippen MR) is 126 cm³/mol. The van der Waals surface area contributed by atoms with Crippen molar-refractivity contribution >= 4 is 34.0 Å². The summed E-state index contributed by atoms with van der Waals surface area (Å²) in [6.45, 7) is 5.17. The van der Waals surface area contributed by atoms with Crippen molar-refractivity contribution < 1.29 is 14.3 Å². The standard InChI is InChI=1S/C25H27N3O4/c1-16(2)14-27-15-20(18-7-4-5-8-19(18)25(27)31)24(30)26-21-13-17(32-3)10-11-22(21)28-12-6-9-23(28)29/h4-5,7-8,10-11,13,15-16H,6,9,12,14H2,1-3H3,(H,26,30). The van der Waals surface area contributed by atoms with E-state index in [1.54, 1.807) is 59.2 Å². The van der Waals surface area contributed by atoms with Crippen LogP contribution in [0.2, 0.25) is 0 Å². The third-order valence-corrected chi connectivity index (χ3v) is 5.62. The Balaban J connectivity index is 1.79. The first-order chi connectivity index (χ1) is 15.4. The quantitative estimate of drug-likeness (QED) is 0.636. The van der Waals surface area contributed by atoms with Crippen LogP contribution in [0.15, 0.2) is 53.5 Å². The SMILES string of the molecule is COc1ccc(N2CCCC2=O)c(NC(=O)c2cn(CC(C)C)c(=O)c3ccccc23)c1. The number of methoxy groups -OCH3 is 1. The molecule has 1 fully saturated rings. The molecule has 2 aromatic carbocycles. The molecule has 0 unspecified atom stereocenters. The molecule has 32 heavy (non-hydrogen) atoms. The fourth-order valence-electron chi connectivity index (χ4n) is 4.12. The second-order valence-electron chi connectivity index (χ2n) is 8.43. The average Bonchev–Trinajstić information content (AvgIpc) is 3.20. The maximum atomic E-state index is 13.5. The molecular weight excluding hydrogens is 406 g/mol. The van der Waals surface area contributed by atoms with Crippen LogP contribution in [0.1, 0.15) is 37.0 Å². The van der Waals surface area contributed by atoms with Crippen LogP contribution in [0, 0.1) is 5.92 Å².